The van der Waals surface area contributed by atoms with Gasteiger partial charge in [-0.2, -0.15) is 18.6 Å². The fourth-order valence-corrected chi connectivity index (χ4v) is 3.21. The number of benzene rings is 1. The van der Waals surface area contributed by atoms with Crippen LogP contribution in [0.25, 0.3) is 6.08 Å². The molecule has 7 nitrogen and oxygen atoms in total. The molecule has 2 heterocycles. The Balaban J connectivity index is 1.95. The number of aryl methyl sites for hydroxylation is 1. The van der Waals surface area contributed by atoms with E-state index in [4.69, 9.17) is 4.74 Å². The van der Waals surface area contributed by atoms with E-state index in [-0.39, 0.29) is 17.9 Å². The minimum atomic E-state index is -2.89. The fraction of sp³-hybridized carbons (Fsp3) is 0.294. The Morgan fingerprint density at radius 3 is 2.74 bits per heavy atom. The SMILES string of the molecule is CCOC(=O)/C(=C\c1ccc(OC(F)F)cc1)C1=Nn2c(C)nnc2SC1. The summed E-state index contributed by atoms with van der Waals surface area (Å²) >= 11 is 1.41. The highest BCUT2D eigenvalue weighted by molar-refractivity contribution is 7.99. The minimum Gasteiger partial charge on any atom is -0.462 e. The molecule has 10 heteroatoms. The Morgan fingerprint density at radius 2 is 2.07 bits per heavy atom. The Kier molecular flexibility index (Phi) is 5.84. The van der Waals surface area contributed by atoms with E-state index in [0.717, 1.165) is 0 Å². The van der Waals surface area contributed by atoms with E-state index in [2.05, 4.69) is 20.0 Å². The van der Waals surface area contributed by atoms with Crippen LogP contribution in [-0.4, -0.2) is 45.5 Å². The highest BCUT2D eigenvalue weighted by Gasteiger charge is 2.24. The molecule has 0 saturated heterocycles. The molecule has 0 bridgehead atoms. The van der Waals surface area contributed by atoms with E-state index in [9.17, 15) is 13.6 Å². The Hall–Kier alpha value is -2.75. The highest BCUT2D eigenvalue weighted by atomic mass is 32.2. The molecular weight excluding hydrogens is 378 g/mol. The smallest absolute Gasteiger partial charge is 0.387 e. The number of carbonyl (C=O) groups is 1. The average molecular weight is 394 g/mol. The molecule has 0 amide bonds. The van der Waals surface area contributed by atoms with Crippen LogP contribution in [0.1, 0.15) is 18.3 Å². The number of carbonyl (C=O) groups excluding carboxylic acids is 1. The van der Waals surface area contributed by atoms with E-state index in [0.29, 0.717) is 28.0 Å². The topological polar surface area (TPSA) is 78.6 Å². The van der Waals surface area contributed by atoms with Crippen molar-refractivity contribution in [2.45, 2.75) is 25.6 Å². The van der Waals surface area contributed by atoms with Gasteiger partial charge in [0.05, 0.1) is 17.9 Å². The van der Waals surface area contributed by atoms with Gasteiger partial charge in [0.2, 0.25) is 5.16 Å². The molecule has 1 aromatic carbocycles. The summed E-state index contributed by atoms with van der Waals surface area (Å²) in [5.74, 6) is 0.551. The maximum atomic E-state index is 12.4. The van der Waals surface area contributed by atoms with Gasteiger partial charge in [-0.1, -0.05) is 23.9 Å². The number of thioether (sulfide) groups is 1. The van der Waals surface area contributed by atoms with Crippen molar-refractivity contribution in [2.24, 2.45) is 5.10 Å². The monoisotopic (exact) mass is 394 g/mol. The van der Waals surface area contributed by atoms with Crippen LogP contribution in [0.3, 0.4) is 0 Å². The Bertz CT molecular complexity index is 894. The standard InChI is InChI=1S/C17H16F2N4O3S/c1-3-25-15(24)13(8-11-4-6-12(7-5-11)26-16(18)19)14-9-27-17-21-20-10(2)23(17)22-14/h4-8,16H,3,9H2,1-2H3/b13-8-. The first-order chi connectivity index (χ1) is 13.0. The van der Waals surface area contributed by atoms with Crippen molar-refractivity contribution in [3.8, 4) is 5.75 Å². The number of halogens is 2. The van der Waals surface area contributed by atoms with Crippen LogP contribution in [0, 0.1) is 6.92 Å². The highest BCUT2D eigenvalue weighted by Crippen LogP contribution is 2.25. The van der Waals surface area contributed by atoms with E-state index in [1.165, 1.54) is 23.9 Å². The molecule has 0 radical (unpaired) electrons. The number of hydrogen-bond donors (Lipinski definition) is 0. The zero-order valence-corrected chi connectivity index (χ0v) is 15.4. The number of nitrogens with zero attached hydrogens (tertiary/aromatic N) is 4. The third-order valence-electron chi connectivity index (χ3n) is 3.55. The van der Waals surface area contributed by atoms with Crippen molar-refractivity contribution in [3.63, 3.8) is 0 Å². The molecule has 1 aromatic heterocycles. The molecule has 0 fully saturated rings. The number of rotatable bonds is 6. The van der Waals surface area contributed by atoms with Gasteiger partial charge in [0.15, 0.2) is 5.82 Å². The second-order valence-corrected chi connectivity index (χ2v) is 6.35. The first-order valence-corrected chi connectivity index (χ1v) is 9.03. The summed E-state index contributed by atoms with van der Waals surface area (Å²) in [5, 5.41) is 13.1. The van der Waals surface area contributed by atoms with Crippen molar-refractivity contribution >= 4 is 29.5 Å². The second kappa shape index (κ2) is 8.30. The third kappa shape index (κ3) is 4.51. The van der Waals surface area contributed by atoms with Crippen molar-refractivity contribution < 1.29 is 23.0 Å². The van der Waals surface area contributed by atoms with E-state index >= 15 is 0 Å². The van der Waals surface area contributed by atoms with Crippen LogP contribution < -0.4 is 4.74 Å². The van der Waals surface area contributed by atoms with Gasteiger partial charge in [-0.3, -0.25) is 0 Å². The molecule has 2 aromatic rings. The Labute approximate surface area is 158 Å². The summed E-state index contributed by atoms with van der Waals surface area (Å²) in [6.07, 6.45) is 1.61. The minimum absolute atomic E-state index is 0.0372. The predicted octanol–water partition coefficient (Wildman–Crippen LogP) is 3.14. The van der Waals surface area contributed by atoms with E-state index < -0.39 is 12.6 Å². The zero-order chi connectivity index (χ0) is 19.4. The number of alkyl halides is 2. The summed E-state index contributed by atoms with van der Waals surface area (Å²) in [5.41, 5.74) is 1.42. The van der Waals surface area contributed by atoms with Gasteiger partial charge in [-0.15, -0.1) is 10.2 Å². The van der Waals surface area contributed by atoms with Crippen LogP contribution in [0.5, 0.6) is 5.75 Å². The second-order valence-electron chi connectivity index (χ2n) is 5.40. The molecule has 0 saturated carbocycles. The van der Waals surface area contributed by atoms with Crippen LogP contribution >= 0.6 is 11.8 Å². The van der Waals surface area contributed by atoms with Crippen LogP contribution in [0.2, 0.25) is 0 Å². The van der Waals surface area contributed by atoms with E-state index in [1.807, 2.05) is 0 Å². The summed E-state index contributed by atoms with van der Waals surface area (Å²) in [6, 6.07) is 5.95. The van der Waals surface area contributed by atoms with Crippen molar-refractivity contribution in [3.05, 3.63) is 41.2 Å². The first-order valence-electron chi connectivity index (χ1n) is 8.04. The lowest BCUT2D eigenvalue weighted by molar-refractivity contribution is -0.137. The number of aromatic nitrogens is 3. The van der Waals surface area contributed by atoms with Gasteiger partial charge in [0, 0.05) is 5.75 Å². The van der Waals surface area contributed by atoms with Gasteiger partial charge in [-0.05, 0) is 37.6 Å². The van der Waals surface area contributed by atoms with Gasteiger partial charge in [-0.25, -0.2) is 4.79 Å². The number of fused-ring (bicyclic) bond motifs is 1. The van der Waals surface area contributed by atoms with E-state index in [1.54, 1.807) is 36.7 Å². The largest absolute Gasteiger partial charge is 0.462 e. The molecular formula is C17H16F2N4O3S. The maximum Gasteiger partial charge on any atom is 0.387 e. The van der Waals surface area contributed by atoms with Gasteiger partial charge in [0.25, 0.3) is 0 Å². The maximum absolute atomic E-state index is 12.4. The van der Waals surface area contributed by atoms with Gasteiger partial charge >= 0.3 is 12.6 Å². The normalized spacial score (nSPS) is 14.0. The molecule has 27 heavy (non-hydrogen) atoms. The van der Waals surface area contributed by atoms with Gasteiger partial charge < -0.3 is 9.47 Å². The van der Waals surface area contributed by atoms with Crippen LogP contribution in [-0.2, 0) is 9.53 Å². The van der Waals surface area contributed by atoms with Crippen LogP contribution in [0.4, 0.5) is 8.78 Å². The molecule has 1 aliphatic heterocycles. The number of esters is 1. The summed E-state index contributed by atoms with van der Waals surface area (Å²) < 4.78 is 35.6. The zero-order valence-electron chi connectivity index (χ0n) is 14.6. The molecule has 0 spiro atoms. The lowest BCUT2D eigenvalue weighted by atomic mass is 10.1. The molecule has 142 valence electrons. The average Bonchev–Trinajstić information content (AvgIpc) is 3.01. The van der Waals surface area contributed by atoms with Crippen LogP contribution in [0.15, 0.2) is 40.1 Å². The summed E-state index contributed by atoms with van der Waals surface area (Å²) in [7, 11) is 0. The predicted molar refractivity (Wildman–Crippen MR) is 96.0 cm³/mol. The third-order valence-corrected chi connectivity index (χ3v) is 4.48. The van der Waals surface area contributed by atoms with Crippen molar-refractivity contribution in [1.29, 1.82) is 0 Å². The molecule has 0 aliphatic carbocycles. The number of ether oxygens (including phenoxy) is 2. The molecule has 0 unspecified atom stereocenters. The van der Waals surface area contributed by atoms with Crippen molar-refractivity contribution in [1.82, 2.24) is 14.9 Å². The summed E-state index contributed by atoms with van der Waals surface area (Å²) in [4.78, 5) is 12.4. The molecule has 0 atom stereocenters. The molecule has 3 rings (SSSR count). The molecule has 0 N–H and O–H groups in total. The fourth-order valence-electron chi connectivity index (χ4n) is 2.34. The molecule has 1 aliphatic rings. The Morgan fingerprint density at radius 1 is 1.33 bits per heavy atom. The lowest BCUT2D eigenvalue weighted by Gasteiger charge is -2.15. The first kappa shape index (κ1) is 19.0. The quantitative estimate of drug-likeness (QED) is 0.553. The summed E-state index contributed by atoms with van der Waals surface area (Å²) in [6.45, 7) is 0.801. The lowest BCUT2D eigenvalue weighted by Crippen LogP contribution is -2.21. The number of hydrogen-bond acceptors (Lipinski definition) is 7. The van der Waals surface area contributed by atoms with Crippen molar-refractivity contribution in [2.75, 3.05) is 12.4 Å². The van der Waals surface area contributed by atoms with Gasteiger partial charge in [0.1, 0.15) is 5.75 Å².